The molecule has 0 spiro atoms. The minimum Gasteiger partial charge on any atom is -0.508 e. The molecule has 0 saturated carbocycles. The lowest BCUT2D eigenvalue weighted by Gasteiger charge is -2.40. The molecule has 8 rings (SSSR count). The topological polar surface area (TPSA) is 114 Å². The molecular formula is C45H51F2N5O5. The fourth-order valence-electron chi connectivity index (χ4n) is 8.62. The second-order valence-electron chi connectivity index (χ2n) is 15.4. The maximum absolute atomic E-state index is 16.0. The highest BCUT2D eigenvalue weighted by atomic mass is 19.1. The molecule has 0 aromatic heterocycles. The van der Waals surface area contributed by atoms with Crippen molar-refractivity contribution in [2.45, 2.75) is 57.4 Å². The lowest BCUT2D eigenvalue weighted by Crippen LogP contribution is -2.49. The molecule has 2 fully saturated rings. The number of phenols is 1. The first kappa shape index (κ1) is 39.7. The van der Waals surface area contributed by atoms with Crippen LogP contribution in [0.1, 0.15) is 83.5 Å². The zero-order chi connectivity index (χ0) is 39.9. The number of amides is 3. The van der Waals surface area contributed by atoms with Gasteiger partial charge in [0.25, 0.3) is 5.91 Å². The van der Waals surface area contributed by atoms with Gasteiger partial charge in [-0.25, -0.2) is 8.78 Å². The zero-order valence-electron chi connectivity index (χ0n) is 32.4. The molecule has 2 atom stereocenters. The van der Waals surface area contributed by atoms with Crippen molar-refractivity contribution in [3.05, 3.63) is 118 Å². The number of benzene rings is 4. The van der Waals surface area contributed by atoms with Gasteiger partial charge in [0, 0.05) is 87.8 Å². The number of rotatable bonds is 10. The Morgan fingerprint density at radius 2 is 1.63 bits per heavy atom. The summed E-state index contributed by atoms with van der Waals surface area (Å²) in [5, 5.41) is 14.9. The molecule has 2 unspecified atom stereocenters. The van der Waals surface area contributed by atoms with Crippen molar-refractivity contribution in [3.63, 3.8) is 0 Å². The van der Waals surface area contributed by atoms with Crippen LogP contribution in [0.2, 0.25) is 0 Å². The Labute approximate surface area is 332 Å². The molecule has 0 radical (unpaired) electrons. The van der Waals surface area contributed by atoms with Gasteiger partial charge in [-0.3, -0.25) is 24.6 Å². The molecular weight excluding hydrogens is 729 g/mol. The van der Waals surface area contributed by atoms with Crippen LogP contribution in [0.5, 0.6) is 11.5 Å². The molecule has 57 heavy (non-hydrogen) atoms. The first-order valence-corrected chi connectivity index (χ1v) is 20.1. The Balaban J connectivity index is 0.000000494. The molecule has 2 saturated heterocycles. The number of nitrogens with zero attached hydrogens (tertiary/aromatic N) is 3. The smallest absolute Gasteiger partial charge is 0.252 e. The number of piperidine rings is 1. The molecule has 4 aliphatic rings. The Hall–Kier alpha value is -5.49. The van der Waals surface area contributed by atoms with Gasteiger partial charge in [0.05, 0.1) is 18.0 Å². The summed E-state index contributed by atoms with van der Waals surface area (Å²) in [5.41, 5.74) is 5.53. The van der Waals surface area contributed by atoms with Gasteiger partial charge in [-0.15, -0.1) is 0 Å². The highest BCUT2D eigenvalue weighted by Gasteiger charge is 2.35. The molecule has 3 N–H and O–H groups in total. The number of unbranched alkanes of at least 4 members (excludes halogenated alkanes) is 1. The van der Waals surface area contributed by atoms with E-state index in [4.69, 9.17) is 4.74 Å². The maximum Gasteiger partial charge on any atom is 0.252 e. The summed E-state index contributed by atoms with van der Waals surface area (Å²) >= 11 is 0. The van der Waals surface area contributed by atoms with E-state index in [1.54, 1.807) is 18.2 Å². The van der Waals surface area contributed by atoms with Gasteiger partial charge in [-0.2, -0.15) is 0 Å². The van der Waals surface area contributed by atoms with Gasteiger partial charge in [0.2, 0.25) is 12.3 Å². The highest BCUT2D eigenvalue weighted by molar-refractivity contribution is 5.98. The SMILES string of the molecule is CCCCC(=O)NC=O.O=C1NCc2cc(N3CCN(CC4CCN(c5ccc(C6c7ccc(O)cc7OCC6c6ccccc6)cc5F)CC4)CC3)c(F)cc21. The predicted octanol–water partition coefficient (Wildman–Crippen LogP) is 6.71. The Morgan fingerprint density at radius 1 is 0.895 bits per heavy atom. The lowest BCUT2D eigenvalue weighted by atomic mass is 9.76. The van der Waals surface area contributed by atoms with Gasteiger partial charge in [0.1, 0.15) is 23.1 Å². The number of hydrogen-bond donors (Lipinski definition) is 3. The Bertz CT molecular complexity index is 2050. The summed E-state index contributed by atoms with van der Waals surface area (Å²) < 4.78 is 36.9. The van der Waals surface area contributed by atoms with Crippen molar-refractivity contribution in [1.82, 2.24) is 15.5 Å². The fourth-order valence-corrected chi connectivity index (χ4v) is 8.62. The molecule has 0 bridgehead atoms. The molecule has 10 nitrogen and oxygen atoms in total. The van der Waals surface area contributed by atoms with E-state index in [2.05, 4.69) is 43.5 Å². The highest BCUT2D eigenvalue weighted by Crippen LogP contribution is 2.47. The first-order valence-electron chi connectivity index (χ1n) is 20.1. The van der Waals surface area contributed by atoms with Gasteiger partial charge < -0.3 is 25.0 Å². The molecule has 300 valence electrons. The van der Waals surface area contributed by atoms with E-state index in [0.717, 1.165) is 93.8 Å². The van der Waals surface area contributed by atoms with E-state index in [1.165, 1.54) is 6.07 Å². The molecule has 4 heterocycles. The zero-order valence-corrected chi connectivity index (χ0v) is 32.4. The van der Waals surface area contributed by atoms with E-state index in [1.807, 2.05) is 43.3 Å². The second kappa shape index (κ2) is 18.2. The number of phenolic OH excluding ortho intramolecular Hbond substituents is 1. The second-order valence-corrected chi connectivity index (χ2v) is 15.4. The number of fused-ring (bicyclic) bond motifs is 2. The number of piperazine rings is 1. The summed E-state index contributed by atoms with van der Waals surface area (Å²) in [6.07, 6.45) is 4.68. The third-order valence-electron chi connectivity index (χ3n) is 11.7. The van der Waals surface area contributed by atoms with Crippen LogP contribution in [-0.2, 0) is 16.1 Å². The van der Waals surface area contributed by atoms with Crippen LogP contribution in [0.4, 0.5) is 20.2 Å². The largest absolute Gasteiger partial charge is 0.508 e. The van der Waals surface area contributed by atoms with Gasteiger partial charge in [-0.1, -0.05) is 55.8 Å². The quantitative estimate of drug-likeness (QED) is 0.152. The number of imide groups is 1. The van der Waals surface area contributed by atoms with E-state index in [-0.39, 0.29) is 41.0 Å². The minimum atomic E-state index is -0.333. The average molecular weight is 780 g/mol. The van der Waals surface area contributed by atoms with Crippen LogP contribution in [0.15, 0.2) is 78.9 Å². The Kier molecular flexibility index (Phi) is 12.7. The van der Waals surface area contributed by atoms with E-state index in [0.29, 0.717) is 54.6 Å². The number of aromatic hydroxyl groups is 1. The summed E-state index contributed by atoms with van der Waals surface area (Å²) in [6.45, 7) is 8.73. The third-order valence-corrected chi connectivity index (χ3v) is 11.7. The van der Waals surface area contributed by atoms with Crippen LogP contribution in [0.25, 0.3) is 0 Å². The van der Waals surface area contributed by atoms with Crippen molar-refractivity contribution in [2.75, 3.05) is 62.2 Å². The Morgan fingerprint density at radius 3 is 2.35 bits per heavy atom. The summed E-state index contributed by atoms with van der Waals surface area (Å²) in [4.78, 5) is 38.7. The van der Waals surface area contributed by atoms with Crippen molar-refractivity contribution >= 4 is 29.6 Å². The molecule has 4 aromatic rings. The van der Waals surface area contributed by atoms with Crippen molar-refractivity contribution < 1.29 is 33.0 Å². The van der Waals surface area contributed by atoms with E-state index >= 15 is 4.39 Å². The first-order chi connectivity index (χ1) is 27.7. The van der Waals surface area contributed by atoms with Crippen LogP contribution < -0.4 is 25.2 Å². The number of carbonyl (C=O) groups excluding carboxylic acids is 3. The summed E-state index contributed by atoms with van der Waals surface area (Å²) in [7, 11) is 0. The normalized spacial score (nSPS) is 19.4. The molecule has 0 aliphatic carbocycles. The molecule has 4 aliphatic heterocycles. The maximum atomic E-state index is 16.0. The van der Waals surface area contributed by atoms with Crippen molar-refractivity contribution in [3.8, 4) is 11.5 Å². The number of anilines is 2. The predicted molar refractivity (Wildman–Crippen MR) is 216 cm³/mol. The van der Waals surface area contributed by atoms with Gasteiger partial charge in [-0.05, 0) is 72.2 Å². The van der Waals surface area contributed by atoms with Crippen molar-refractivity contribution in [2.24, 2.45) is 5.92 Å². The number of carbonyl (C=O) groups is 3. The minimum absolute atomic E-state index is 0.0153. The molecule has 12 heteroatoms. The fraction of sp³-hybridized carbons (Fsp3) is 0.400. The number of hydrogen-bond acceptors (Lipinski definition) is 8. The molecule has 3 amide bonds. The standard InChI is InChI=1S/C39H40F2N4O3.C6H11NO2/c40-33-18-27(38-30-8-7-29(46)20-37(30)48-24-32(38)26-4-2-1-3-5-26)6-9-35(33)44-12-10-25(11-13-44)23-43-14-16-45(17-15-43)36-19-28-22-42-39(47)31(28)21-34(36)41;1-2-3-4-6(9)7-5-8/h1-9,18-21,25,32,38,46H,10-17,22-24H2,(H,42,47);5H,2-4H2,1H3,(H,7,8,9). The van der Waals surface area contributed by atoms with E-state index < -0.39 is 0 Å². The third kappa shape index (κ3) is 9.23. The van der Waals surface area contributed by atoms with Crippen molar-refractivity contribution in [1.29, 1.82) is 0 Å². The summed E-state index contributed by atoms with van der Waals surface area (Å²) in [5.74, 6) is 0.310. The lowest BCUT2D eigenvalue weighted by molar-refractivity contribution is -0.125. The van der Waals surface area contributed by atoms with Gasteiger partial charge >= 0.3 is 0 Å². The molecule has 4 aromatic carbocycles. The average Bonchev–Trinajstić information content (AvgIpc) is 3.59. The van der Waals surface area contributed by atoms with Gasteiger partial charge in [0.15, 0.2) is 0 Å². The van der Waals surface area contributed by atoms with Crippen LogP contribution >= 0.6 is 0 Å². The van der Waals surface area contributed by atoms with E-state index in [9.17, 15) is 23.9 Å². The number of nitrogens with one attached hydrogen (secondary N) is 2. The number of ether oxygens (including phenoxy) is 1. The monoisotopic (exact) mass is 779 g/mol. The van der Waals surface area contributed by atoms with Crippen LogP contribution in [-0.4, -0.2) is 80.7 Å². The number of halogens is 2. The summed E-state index contributed by atoms with van der Waals surface area (Å²) in [6, 6.07) is 24.3. The van der Waals surface area contributed by atoms with Crippen LogP contribution in [0, 0.1) is 17.6 Å². The van der Waals surface area contributed by atoms with Crippen LogP contribution in [0.3, 0.4) is 0 Å².